The molecular weight excluding hydrogens is 252 g/mol. The molecule has 1 aromatic carbocycles. The van der Waals surface area contributed by atoms with E-state index in [9.17, 15) is 10.1 Å². The SMILES string of the molecule is NC(CO)c1cccc([N+](=O)[O-])c1Br. The molecule has 14 heavy (non-hydrogen) atoms. The molecule has 0 fully saturated rings. The van der Waals surface area contributed by atoms with E-state index in [4.69, 9.17) is 10.8 Å². The normalized spacial score (nSPS) is 12.5. The Kier molecular flexibility index (Phi) is 3.56. The molecule has 0 radical (unpaired) electrons. The second-order valence-corrected chi connectivity index (χ2v) is 3.52. The van der Waals surface area contributed by atoms with Gasteiger partial charge in [0.05, 0.1) is 17.6 Å². The highest BCUT2D eigenvalue weighted by molar-refractivity contribution is 9.10. The summed E-state index contributed by atoms with van der Waals surface area (Å²) in [4.78, 5) is 10.1. The molecule has 0 saturated carbocycles. The molecular formula is C8H9BrN2O3. The number of nitrogens with zero attached hydrogens (tertiary/aromatic N) is 1. The molecule has 1 atom stereocenters. The van der Waals surface area contributed by atoms with Crippen LogP contribution in [0.3, 0.4) is 0 Å². The second kappa shape index (κ2) is 4.50. The lowest BCUT2D eigenvalue weighted by Gasteiger charge is -2.10. The highest BCUT2D eigenvalue weighted by atomic mass is 79.9. The Morgan fingerprint density at radius 2 is 2.29 bits per heavy atom. The van der Waals surface area contributed by atoms with Crippen molar-refractivity contribution >= 4 is 21.6 Å². The van der Waals surface area contributed by atoms with E-state index in [0.717, 1.165) is 0 Å². The third kappa shape index (κ3) is 2.09. The van der Waals surface area contributed by atoms with Crippen molar-refractivity contribution in [1.29, 1.82) is 0 Å². The molecule has 6 heteroatoms. The molecule has 1 unspecified atom stereocenters. The van der Waals surface area contributed by atoms with Crippen molar-refractivity contribution in [2.24, 2.45) is 5.73 Å². The maximum atomic E-state index is 10.6. The monoisotopic (exact) mass is 260 g/mol. The predicted octanol–water partition coefficient (Wildman–Crippen LogP) is 1.35. The molecule has 1 rings (SSSR count). The van der Waals surface area contributed by atoms with Gasteiger partial charge in [0.1, 0.15) is 4.47 Å². The number of aliphatic hydroxyl groups excluding tert-OH is 1. The van der Waals surface area contributed by atoms with E-state index in [2.05, 4.69) is 15.9 Å². The van der Waals surface area contributed by atoms with E-state index in [0.29, 0.717) is 10.0 Å². The first-order valence-electron chi connectivity index (χ1n) is 3.87. The average molecular weight is 261 g/mol. The number of benzene rings is 1. The Labute approximate surface area is 88.8 Å². The number of nitrogens with two attached hydrogens (primary N) is 1. The summed E-state index contributed by atoms with van der Waals surface area (Å²) in [5.41, 5.74) is 6.04. The first-order chi connectivity index (χ1) is 6.57. The van der Waals surface area contributed by atoms with Crippen LogP contribution < -0.4 is 5.73 Å². The van der Waals surface area contributed by atoms with Gasteiger partial charge in [-0.3, -0.25) is 10.1 Å². The van der Waals surface area contributed by atoms with Crippen LogP contribution >= 0.6 is 15.9 Å². The second-order valence-electron chi connectivity index (χ2n) is 2.73. The largest absolute Gasteiger partial charge is 0.394 e. The quantitative estimate of drug-likeness (QED) is 0.634. The van der Waals surface area contributed by atoms with Gasteiger partial charge in [-0.15, -0.1) is 0 Å². The lowest BCUT2D eigenvalue weighted by atomic mass is 10.1. The van der Waals surface area contributed by atoms with E-state index >= 15 is 0 Å². The van der Waals surface area contributed by atoms with Crippen molar-refractivity contribution in [2.75, 3.05) is 6.61 Å². The van der Waals surface area contributed by atoms with E-state index < -0.39 is 11.0 Å². The number of hydrogen-bond acceptors (Lipinski definition) is 4. The van der Waals surface area contributed by atoms with E-state index in [1.165, 1.54) is 12.1 Å². The highest BCUT2D eigenvalue weighted by Gasteiger charge is 2.17. The van der Waals surface area contributed by atoms with Gasteiger partial charge < -0.3 is 10.8 Å². The number of nitro benzene ring substituents is 1. The summed E-state index contributed by atoms with van der Waals surface area (Å²) < 4.78 is 0.326. The first-order valence-corrected chi connectivity index (χ1v) is 4.66. The van der Waals surface area contributed by atoms with Crippen LogP contribution in [0.15, 0.2) is 22.7 Å². The molecule has 0 saturated heterocycles. The molecule has 0 amide bonds. The predicted molar refractivity (Wildman–Crippen MR) is 54.8 cm³/mol. The summed E-state index contributed by atoms with van der Waals surface area (Å²) in [5, 5.41) is 19.4. The summed E-state index contributed by atoms with van der Waals surface area (Å²) in [6.07, 6.45) is 0. The Hall–Kier alpha value is -0.980. The van der Waals surface area contributed by atoms with Gasteiger partial charge in [0.25, 0.3) is 5.69 Å². The van der Waals surface area contributed by atoms with Gasteiger partial charge in [-0.05, 0) is 21.5 Å². The average Bonchev–Trinajstić information content (AvgIpc) is 2.16. The molecule has 3 N–H and O–H groups in total. The topological polar surface area (TPSA) is 89.4 Å². The molecule has 76 valence electrons. The number of halogens is 1. The molecule has 0 aromatic heterocycles. The van der Waals surface area contributed by atoms with Crippen molar-refractivity contribution in [2.45, 2.75) is 6.04 Å². The van der Waals surface area contributed by atoms with Crippen molar-refractivity contribution in [3.8, 4) is 0 Å². The minimum atomic E-state index is -0.607. The van der Waals surface area contributed by atoms with Gasteiger partial charge in [0.2, 0.25) is 0 Å². The fraction of sp³-hybridized carbons (Fsp3) is 0.250. The molecule has 0 aliphatic heterocycles. The van der Waals surface area contributed by atoms with E-state index in [1.807, 2.05) is 0 Å². The van der Waals surface area contributed by atoms with Gasteiger partial charge in [0.15, 0.2) is 0 Å². The molecule has 5 nitrogen and oxygen atoms in total. The van der Waals surface area contributed by atoms with Crippen LogP contribution in [0.1, 0.15) is 11.6 Å². The van der Waals surface area contributed by atoms with Crippen LogP contribution in [-0.2, 0) is 0 Å². The lowest BCUT2D eigenvalue weighted by Crippen LogP contribution is -2.15. The summed E-state index contributed by atoms with van der Waals surface area (Å²) >= 11 is 3.09. The maximum Gasteiger partial charge on any atom is 0.283 e. The fourth-order valence-corrected chi connectivity index (χ4v) is 1.77. The maximum absolute atomic E-state index is 10.6. The standard InChI is InChI=1S/C8H9BrN2O3/c9-8-5(6(10)4-12)2-1-3-7(8)11(13)14/h1-3,6,12H,4,10H2. The van der Waals surface area contributed by atoms with Crippen molar-refractivity contribution in [3.05, 3.63) is 38.3 Å². The van der Waals surface area contributed by atoms with Crippen LogP contribution in [-0.4, -0.2) is 16.6 Å². The molecule has 0 heterocycles. The van der Waals surface area contributed by atoms with Gasteiger partial charge in [-0.1, -0.05) is 12.1 Å². The van der Waals surface area contributed by atoms with Gasteiger partial charge in [-0.25, -0.2) is 0 Å². The third-order valence-corrected chi connectivity index (χ3v) is 2.67. The molecule has 0 spiro atoms. The van der Waals surface area contributed by atoms with Crippen molar-refractivity contribution in [3.63, 3.8) is 0 Å². The zero-order chi connectivity index (χ0) is 10.7. The molecule has 0 aliphatic carbocycles. The van der Waals surface area contributed by atoms with Crippen LogP contribution in [0, 0.1) is 10.1 Å². The summed E-state index contributed by atoms with van der Waals surface area (Å²) in [5.74, 6) is 0. The smallest absolute Gasteiger partial charge is 0.283 e. The highest BCUT2D eigenvalue weighted by Crippen LogP contribution is 2.30. The number of rotatable bonds is 3. The van der Waals surface area contributed by atoms with Gasteiger partial charge in [0, 0.05) is 6.07 Å². The summed E-state index contributed by atoms with van der Waals surface area (Å²) in [7, 11) is 0. The zero-order valence-corrected chi connectivity index (χ0v) is 8.77. The number of aliphatic hydroxyl groups is 1. The van der Waals surface area contributed by atoms with Gasteiger partial charge in [-0.2, -0.15) is 0 Å². The van der Waals surface area contributed by atoms with Gasteiger partial charge >= 0.3 is 0 Å². The summed E-state index contributed by atoms with van der Waals surface area (Å²) in [6, 6.07) is 3.94. The third-order valence-electron chi connectivity index (χ3n) is 1.80. The molecule has 1 aromatic rings. The molecule has 0 bridgehead atoms. The first kappa shape index (κ1) is 11.1. The van der Waals surface area contributed by atoms with Crippen molar-refractivity contribution < 1.29 is 10.0 Å². The minimum absolute atomic E-state index is 0.0496. The van der Waals surface area contributed by atoms with Crippen LogP contribution in [0.5, 0.6) is 0 Å². The fourth-order valence-electron chi connectivity index (χ4n) is 1.06. The lowest BCUT2D eigenvalue weighted by molar-refractivity contribution is -0.385. The van der Waals surface area contributed by atoms with Crippen LogP contribution in [0.2, 0.25) is 0 Å². The Morgan fingerprint density at radius 1 is 1.64 bits per heavy atom. The Morgan fingerprint density at radius 3 is 2.79 bits per heavy atom. The van der Waals surface area contributed by atoms with Crippen molar-refractivity contribution in [1.82, 2.24) is 0 Å². The number of nitro groups is 1. The number of hydrogen-bond donors (Lipinski definition) is 2. The minimum Gasteiger partial charge on any atom is -0.394 e. The van der Waals surface area contributed by atoms with Crippen LogP contribution in [0.4, 0.5) is 5.69 Å². The van der Waals surface area contributed by atoms with E-state index in [1.54, 1.807) is 6.07 Å². The molecule has 0 aliphatic rings. The zero-order valence-electron chi connectivity index (χ0n) is 7.18. The Balaban J connectivity index is 3.20. The van der Waals surface area contributed by atoms with Crippen LogP contribution in [0.25, 0.3) is 0 Å². The Bertz CT molecular complexity index is 356. The van der Waals surface area contributed by atoms with E-state index in [-0.39, 0.29) is 12.3 Å². The summed E-state index contributed by atoms with van der Waals surface area (Å²) in [6.45, 7) is -0.250.